The highest BCUT2D eigenvalue weighted by Crippen LogP contribution is 2.34. The van der Waals surface area contributed by atoms with Gasteiger partial charge >= 0.3 is 0 Å². The summed E-state index contributed by atoms with van der Waals surface area (Å²) in [6, 6.07) is 19.6. The molecule has 0 aliphatic carbocycles. The standard InChI is InChI=1S/C26H26N2O3S/c1-18-9-7-8-10-21(18)17-28-25(29)24(32-26(28)30)16-22-15-19(2)27(20(22)3)13-14-31-23-11-5-4-6-12-23/h4-12,15-16H,13-14,17H2,1-3H3/b24-16-. The van der Waals surface area contributed by atoms with Gasteiger partial charge in [-0.3, -0.25) is 14.5 Å². The SMILES string of the molecule is Cc1ccccc1CN1C(=O)S/C(=C\c2cc(C)n(CCOc3ccccc3)c2C)C1=O. The van der Waals surface area contributed by atoms with E-state index in [0.29, 0.717) is 24.6 Å². The zero-order valence-electron chi connectivity index (χ0n) is 18.5. The maximum absolute atomic E-state index is 13.0. The summed E-state index contributed by atoms with van der Waals surface area (Å²) in [6.45, 7) is 7.60. The van der Waals surface area contributed by atoms with Gasteiger partial charge in [-0.05, 0) is 73.5 Å². The van der Waals surface area contributed by atoms with Gasteiger partial charge in [0.25, 0.3) is 11.1 Å². The third-order valence-corrected chi connectivity index (χ3v) is 6.60. The lowest BCUT2D eigenvalue weighted by atomic mass is 10.1. The molecule has 1 saturated heterocycles. The minimum absolute atomic E-state index is 0.227. The van der Waals surface area contributed by atoms with Crippen LogP contribution in [0.3, 0.4) is 0 Å². The lowest BCUT2D eigenvalue weighted by molar-refractivity contribution is -0.123. The molecule has 3 aromatic rings. The average molecular weight is 447 g/mol. The first kappa shape index (κ1) is 22.0. The van der Waals surface area contributed by atoms with Gasteiger partial charge in [-0.25, -0.2) is 0 Å². The lowest BCUT2D eigenvalue weighted by Gasteiger charge is -2.14. The average Bonchev–Trinajstić information content (AvgIpc) is 3.20. The van der Waals surface area contributed by atoms with Crippen molar-refractivity contribution in [2.45, 2.75) is 33.9 Å². The Morgan fingerprint density at radius 3 is 2.44 bits per heavy atom. The van der Waals surface area contributed by atoms with Gasteiger partial charge in [0.05, 0.1) is 18.0 Å². The van der Waals surface area contributed by atoms with Crippen LogP contribution in [0.15, 0.2) is 65.6 Å². The van der Waals surface area contributed by atoms with E-state index in [1.807, 2.05) is 87.5 Å². The number of imide groups is 1. The molecule has 2 aromatic carbocycles. The predicted molar refractivity (Wildman–Crippen MR) is 129 cm³/mol. The summed E-state index contributed by atoms with van der Waals surface area (Å²) in [7, 11) is 0. The normalized spacial score (nSPS) is 15.1. The van der Waals surface area contributed by atoms with Gasteiger partial charge in [-0.15, -0.1) is 0 Å². The number of aromatic nitrogens is 1. The monoisotopic (exact) mass is 446 g/mol. The molecule has 0 unspecified atom stereocenters. The Hall–Kier alpha value is -3.25. The summed E-state index contributed by atoms with van der Waals surface area (Å²) in [5.74, 6) is 0.609. The summed E-state index contributed by atoms with van der Waals surface area (Å²) < 4.78 is 8.00. The molecular formula is C26H26N2O3S. The minimum atomic E-state index is -0.236. The third-order valence-electron chi connectivity index (χ3n) is 5.69. The highest BCUT2D eigenvalue weighted by molar-refractivity contribution is 8.18. The van der Waals surface area contributed by atoms with E-state index in [1.54, 1.807) is 0 Å². The van der Waals surface area contributed by atoms with Crippen LogP contribution >= 0.6 is 11.8 Å². The van der Waals surface area contributed by atoms with E-state index in [-0.39, 0.29) is 11.1 Å². The number of para-hydroxylation sites is 1. The Balaban J connectivity index is 1.47. The maximum Gasteiger partial charge on any atom is 0.293 e. The number of aryl methyl sites for hydroxylation is 2. The largest absolute Gasteiger partial charge is 0.492 e. The molecule has 1 aliphatic heterocycles. The summed E-state index contributed by atoms with van der Waals surface area (Å²) in [5.41, 5.74) is 5.13. The van der Waals surface area contributed by atoms with Crippen LogP contribution in [0.5, 0.6) is 5.75 Å². The molecule has 0 radical (unpaired) electrons. The molecule has 1 aromatic heterocycles. The molecule has 0 bridgehead atoms. The Morgan fingerprint density at radius 1 is 0.969 bits per heavy atom. The summed E-state index contributed by atoms with van der Waals surface area (Å²) >= 11 is 1.01. The van der Waals surface area contributed by atoms with Gasteiger partial charge in [0.15, 0.2) is 0 Å². The van der Waals surface area contributed by atoms with E-state index in [1.165, 1.54) is 4.90 Å². The molecule has 164 valence electrons. The fourth-order valence-electron chi connectivity index (χ4n) is 3.82. The van der Waals surface area contributed by atoms with Crippen LogP contribution in [0, 0.1) is 20.8 Å². The van der Waals surface area contributed by atoms with Crippen molar-refractivity contribution in [1.29, 1.82) is 0 Å². The lowest BCUT2D eigenvalue weighted by Crippen LogP contribution is -2.27. The molecule has 2 amide bonds. The zero-order chi connectivity index (χ0) is 22.7. The number of nitrogens with zero attached hydrogens (tertiary/aromatic N) is 2. The van der Waals surface area contributed by atoms with Crippen molar-refractivity contribution in [3.05, 3.63) is 93.6 Å². The fourth-order valence-corrected chi connectivity index (χ4v) is 4.65. The second kappa shape index (κ2) is 9.49. The number of thioether (sulfide) groups is 1. The van der Waals surface area contributed by atoms with E-state index < -0.39 is 0 Å². The van der Waals surface area contributed by atoms with Crippen LogP contribution in [0.2, 0.25) is 0 Å². The predicted octanol–water partition coefficient (Wildman–Crippen LogP) is 5.73. The highest BCUT2D eigenvalue weighted by atomic mass is 32.2. The van der Waals surface area contributed by atoms with Gasteiger partial charge in [0.1, 0.15) is 12.4 Å². The van der Waals surface area contributed by atoms with Crippen molar-refractivity contribution < 1.29 is 14.3 Å². The Morgan fingerprint density at radius 2 is 1.69 bits per heavy atom. The van der Waals surface area contributed by atoms with Crippen LogP contribution in [-0.4, -0.2) is 27.2 Å². The third kappa shape index (κ3) is 4.65. The summed E-state index contributed by atoms with van der Waals surface area (Å²) in [6.07, 6.45) is 1.83. The number of hydrogen-bond acceptors (Lipinski definition) is 4. The van der Waals surface area contributed by atoms with Crippen molar-refractivity contribution >= 4 is 29.0 Å². The van der Waals surface area contributed by atoms with E-state index in [4.69, 9.17) is 4.74 Å². The summed E-state index contributed by atoms with van der Waals surface area (Å²) in [5, 5.41) is -0.227. The quantitative estimate of drug-likeness (QED) is 0.435. The molecule has 6 heteroatoms. The van der Waals surface area contributed by atoms with Gasteiger partial charge in [0, 0.05) is 11.4 Å². The molecular weight excluding hydrogens is 420 g/mol. The highest BCUT2D eigenvalue weighted by Gasteiger charge is 2.35. The first-order valence-electron chi connectivity index (χ1n) is 10.6. The number of carbonyl (C=O) groups excluding carboxylic acids is 2. The van der Waals surface area contributed by atoms with Crippen molar-refractivity contribution in [2.24, 2.45) is 0 Å². The molecule has 32 heavy (non-hydrogen) atoms. The van der Waals surface area contributed by atoms with Crippen molar-refractivity contribution in [2.75, 3.05) is 6.61 Å². The molecule has 0 atom stereocenters. The van der Waals surface area contributed by atoms with E-state index in [2.05, 4.69) is 4.57 Å². The number of hydrogen-bond donors (Lipinski definition) is 0. The van der Waals surface area contributed by atoms with Crippen molar-refractivity contribution in [1.82, 2.24) is 9.47 Å². The molecule has 0 N–H and O–H groups in total. The number of ether oxygens (including phenoxy) is 1. The first-order chi connectivity index (χ1) is 15.4. The molecule has 1 aliphatic rings. The fraction of sp³-hybridized carbons (Fsp3) is 0.231. The topological polar surface area (TPSA) is 51.5 Å². The zero-order valence-corrected chi connectivity index (χ0v) is 19.3. The van der Waals surface area contributed by atoms with Crippen LogP contribution < -0.4 is 4.74 Å². The molecule has 2 heterocycles. The summed E-state index contributed by atoms with van der Waals surface area (Å²) in [4.78, 5) is 27.3. The van der Waals surface area contributed by atoms with E-state index in [0.717, 1.165) is 45.6 Å². The van der Waals surface area contributed by atoms with Gasteiger partial charge in [-0.2, -0.15) is 0 Å². The van der Waals surface area contributed by atoms with Gasteiger partial charge in [-0.1, -0.05) is 42.5 Å². The maximum atomic E-state index is 13.0. The first-order valence-corrected chi connectivity index (χ1v) is 11.4. The van der Waals surface area contributed by atoms with Crippen molar-refractivity contribution in [3.8, 4) is 5.75 Å². The van der Waals surface area contributed by atoms with Crippen molar-refractivity contribution in [3.63, 3.8) is 0 Å². The number of carbonyl (C=O) groups is 2. The number of benzene rings is 2. The molecule has 5 nitrogen and oxygen atoms in total. The van der Waals surface area contributed by atoms with Crippen LogP contribution in [0.25, 0.3) is 6.08 Å². The molecule has 0 spiro atoms. The van der Waals surface area contributed by atoms with Gasteiger partial charge in [0.2, 0.25) is 0 Å². The van der Waals surface area contributed by atoms with Crippen LogP contribution in [-0.2, 0) is 17.9 Å². The Labute approximate surface area is 192 Å². The second-order valence-electron chi connectivity index (χ2n) is 7.83. The van der Waals surface area contributed by atoms with E-state index in [9.17, 15) is 9.59 Å². The number of amides is 2. The molecule has 1 fully saturated rings. The minimum Gasteiger partial charge on any atom is -0.492 e. The molecule has 4 rings (SSSR count). The van der Waals surface area contributed by atoms with Crippen LogP contribution in [0.1, 0.15) is 28.1 Å². The number of rotatable bonds is 7. The Kier molecular flexibility index (Phi) is 6.51. The molecule has 0 saturated carbocycles. The second-order valence-corrected chi connectivity index (χ2v) is 8.83. The Bertz CT molecular complexity index is 1180. The van der Waals surface area contributed by atoms with E-state index >= 15 is 0 Å². The smallest absolute Gasteiger partial charge is 0.293 e. The van der Waals surface area contributed by atoms with Gasteiger partial charge < -0.3 is 9.30 Å². The van der Waals surface area contributed by atoms with Crippen LogP contribution in [0.4, 0.5) is 4.79 Å².